The maximum Gasteiger partial charge on any atom is 0.276 e. The van der Waals surface area contributed by atoms with Crippen LogP contribution in [-0.4, -0.2) is 26.5 Å². The summed E-state index contributed by atoms with van der Waals surface area (Å²) >= 11 is 0. The van der Waals surface area contributed by atoms with Crippen LogP contribution in [0.4, 0.5) is 0 Å². The Bertz CT molecular complexity index is 497. The molecule has 0 radical (unpaired) electrons. The molecule has 1 aliphatic heterocycles. The first-order valence-corrected chi connectivity index (χ1v) is 5.97. The smallest absolute Gasteiger partial charge is 0.276 e. The Kier molecular flexibility index (Phi) is 2.64. The molecule has 3 heterocycles. The Hall–Kier alpha value is -1.69. The van der Waals surface area contributed by atoms with E-state index in [9.17, 15) is 0 Å². The zero-order chi connectivity index (χ0) is 11.7. The summed E-state index contributed by atoms with van der Waals surface area (Å²) in [6.45, 7) is 3.86. The van der Waals surface area contributed by atoms with Crippen LogP contribution in [-0.2, 0) is 6.54 Å². The van der Waals surface area contributed by atoms with Gasteiger partial charge in [0.05, 0.1) is 6.04 Å². The molecule has 1 N–H and O–H groups in total. The lowest BCUT2D eigenvalue weighted by atomic mass is 10.2. The molecular weight excluding hydrogens is 218 g/mol. The van der Waals surface area contributed by atoms with Gasteiger partial charge in [-0.2, -0.15) is 10.1 Å². The largest absolute Gasteiger partial charge is 0.332 e. The third-order valence-electron chi connectivity index (χ3n) is 3.05. The van der Waals surface area contributed by atoms with E-state index in [1.54, 1.807) is 6.20 Å². The third kappa shape index (κ3) is 1.84. The summed E-state index contributed by atoms with van der Waals surface area (Å²) in [6, 6.07) is 2.13. The van der Waals surface area contributed by atoms with Gasteiger partial charge < -0.3 is 9.84 Å². The van der Waals surface area contributed by atoms with E-state index in [2.05, 4.69) is 20.6 Å². The van der Waals surface area contributed by atoms with E-state index < -0.39 is 0 Å². The van der Waals surface area contributed by atoms with E-state index in [1.807, 2.05) is 17.7 Å². The lowest BCUT2D eigenvalue weighted by Crippen LogP contribution is -2.14. The van der Waals surface area contributed by atoms with Gasteiger partial charge in [-0.3, -0.25) is 4.68 Å². The second-order valence-electron chi connectivity index (χ2n) is 4.14. The van der Waals surface area contributed by atoms with Gasteiger partial charge in [-0.25, -0.2) is 0 Å². The van der Waals surface area contributed by atoms with Gasteiger partial charge in [0.2, 0.25) is 0 Å². The molecule has 1 fully saturated rings. The van der Waals surface area contributed by atoms with Crippen LogP contribution in [0.2, 0.25) is 0 Å². The molecule has 2 aromatic rings. The molecule has 1 saturated heterocycles. The molecule has 6 heteroatoms. The number of aryl methyl sites for hydroxylation is 1. The minimum Gasteiger partial charge on any atom is -0.332 e. The van der Waals surface area contributed by atoms with E-state index in [-0.39, 0.29) is 6.04 Å². The van der Waals surface area contributed by atoms with Crippen molar-refractivity contribution in [1.82, 2.24) is 25.2 Å². The molecule has 0 saturated carbocycles. The average Bonchev–Trinajstić information content (AvgIpc) is 3.09. The predicted octanol–water partition coefficient (Wildman–Crippen LogP) is 1.38. The van der Waals surface area contributed by atoms with Crippen molar-refractivity contribution in [1.29, 1.82) is 0 Å². The van der Waals surface area contributed by atoms with E-state index in [0.29, 0.717) is 5.89 Å². The average molecular weight is 233 g/mol. The van der Waals surface area contributed by atoms with Crippen LogP contribution in [0.3, 0.4) is 0 Å². The molecule has 2 aromatic heterocycles. The molecule has 0 aromatic carbocycles. The quantitative estimate of drug-likeness (QED) is 0.867. The van der Waals surface area contributed by atoms with Crippen LogP contribution in [0.25, 0.3) is 11.6 Å². The number of nitrogens with zero attached hydrogens (tertiary/aromatic N) is 4. The van der Waals surface area contributed by atoms with E-state index in [4.69, 9.17) is 4.52 Å². The fourth-order valence-corrected chi connectivity index (χ4v) is 2.15. The summed E-state index contributed by atoms with van der Waals surface area (Å²) in [5.41, 5.74) is 0.879. The lowest BCUT2D eigenvalue weighted by molar-refractivity contribution is 0.408. The van der Waals surface area contributed by atoms with Crippen molar-refractivity contribution < 1.29 is 4.52 Å². The second kappa shape index (κ2) is 4.29. The van der Waals surface area contributed by atoms with Crippen LogP contribution in [0.5, 0.6) is 0 Å². The molecular formula is C11H15N5O. The highest BCUT2D eigenvalue weighted by molar-refractivity contribution is 5.46. The molecule has 1 aliphatic rings. The van der Waals surface area contributed by atoms with Gasteiger partial charge in [0, 0.05) is 12.7 Å². The molecule has 0 aliphatic carbocycles. The van der Waals surface area contributed by atoms with Gasteiger partial charge in [-0.1, -0.05) is 5.16 Å². The van der Waals surface area contributed by atoms with Crippen molar-refractivity contribution in [2.75, 3.05) is 6.54 Å². The molecule has 0 unspecified atom stereocenters. The number of hydrogen-bond donors (Lipinski definition) is 1. The molecule has 0 amide bonds. The maximum atomic E-state index is 5.30. The monoisotopic (exact) mass is 233 g/mol. The fourth-order valence-electron chi connectivity index (χ4n) is 2.15. The van der Waals surface area contributed by atoms with Crippen molar-refractivity contribution >= 4 is 0 Å². The van der Waals surface area contributed by atoms with Gasteiger partial charge in [-0.05, 0) is 32.4 Å². The van der Waals surface area contributed by atoms with Crippen molar-refractivity contribution in [3.63, 3.8) is 0 Å². The Morgan fingerprint density at radius 3 is 3.29 bits per heavy atom. The molecule has 90 valence electrons. The van der Waals surface area contributed by atoms with E-state index >= 15 is 0 Å². The van der Waals surface area contributed by atoms with E-state index in [1.165, 1.54) is 6.42 Å². The summed E-state index contributed by atoms with van der Waals surface area (Å²) in [6.07, 6.45) is 3.99. The Balaban J connectivity index is 1.89. The molecule has 1 atom stereocenters. The Morgan fingerprint density at radius 1 is 1.59 bits per heavy atom. The number of aromatic nitrogens is 4. The summed E-state index contributed by atoms with van der Waals surface area (Å²) in [5.74, 6) is 1.30. The minimum atomic E-state index is 0.241. The standard InChI is InChI=1S/C11H15N5O/c1-2-16-9(5-7-13-16)11-14-10(15-17-11)8-4-3-6-12-8/h5,7-8,12H,2-4,6H2,1H3/t8-/m1/s1. The minimum absolute atomic E-state index is 0.241. The lowest BCUT2D eigenvalue weighted by Gasteiger charge is -2.01. The van der Waals surface area contributed by atoms with Crippen molar-refractivity contribution in [2.45, 2.75) is 32.4 Å². The van der Waals surface area contributed by atoms with E-state index in [0.717, 1.165) is 31.0 Å². The van der Waals surface area contributed by atoms with Crippen molar-refractivity contribution in [3.05, 3.63) is 18.1 Å². The number of nitrogens with one attached hydrogen (secondary N) is 1. The molecule has 3 rings (SSSR count). The second-order valence-corrected chi connectivity index (χ2v) is 4.14. The Morgan fingerprint density at radius 2 is 2.53 bits per heavy atom. The number of hydrogen-bond acceptors (Lipinski definition) is 5. The number of rotatable bonds is 3. The topological polar surface area (TPSA) is 68.8 Å². The SMILES string of the molecule is CCn1nccc1-c1nc([C@H]2CCCN2)no1. The predicted molar refractivity (Wildman–Crippen MR) is 61.2 cm³/mol. The van der Waals surface area contributed by atoms with Crippen molar-refractivity contribution in [3.8, 4) is 11.6 Å². The zero-order valence-corrected chi connectivity index (χ0v) is 9.76. The molecule has 0 spiro atoms. The maximum absolute atomic E-state index is 5.30. The van der Waals surface area contributed by atoms with Gasteiger partial charge in [0.15, 0.2) is 5.82 Å². The van der Waals surface area contributed by atoms with Crippen LogP contribution in [0.1, 0.15) is 31.6 Å². The van der Waals surface area contributed by atoms with Crippen LogP contribution < -0.4 is 5.32 Å². The van der Waals surface area contributed by atoms with Gasteiger partial charge in [-0.15, -0.1) is 0 Å². The Labute approximate surface area is 99.0 Å². The first kappa shape index (κ1) is 10.5. The van der Waals surface area contributed by atoms with Gasteiger partial charge in [0.1, 0.15) is 5.69 Å². The highest BCUT2D eigenvalue weighted by atomic mass is 16.5. The molecule has 6 nitrogen and oxygen atoms in total. The summed E-state index contributed by atoms with van der Waals surface area (Å²) < 4.78 is 7.15. The van der Waals surface area contributed by atoms with Crippen LogP contribution in [0.15, 0.2) is 16.8 Å². The van der Waals surface area contributed by atoms with Crippen LogP contribution in [0, 0.1) is 0 Å². The molecule has 17 heavy (non-hydrogen) atoms. The van der Waals surface area contributed by atoms with Crippen molar-refractivity contribution in [2.24, 2.45) is 0 Å². The summed E-state index contributed by atoms with van der Waals surface area (Å²) in [5, 5.41) is 11.6. The highest BCUT2D eigenvalue weighted by Crippen LogP contribution is 2.23. The normalized spacial score (nSPS) is 19.9. The summed E-state index contributed by atoms with van der Waals surface area (Å²) in [4.78, 5) is 4.44. The fraction of sp³-hybridized carbons (Fsp3) is 0.545. The van der Waals surface area contributed by atoms with Crippen LogP contribution >= 0.6 is 0 Å². The zero-order valence-electron chi connectivity index (χ0n) is 9.76. The molecule has 0 bridgehead atoms. The third-order valence-corrected chi connectivity index (χ3v) is 3.05. The highest BCUT2D eigenvalue weighted by Gasteiger charge is 2.22. The van der Waals surface area contributed by atoms with Gasteiger partial charge in [0.25, 0.3) is 5.89 Å². The summed E-state index contributed by atoms with van der Waals surface area (Å²) in [7, 11) is 0. The van der Waals surface area contributed by atoms with Gasteiger partial charge >= 0.3 is 0 Å². The first-order valence-electron chi connectivity index (χ1n) is 5.97. The first-order chi connectivity index (χ1) is 8.38.